The molecule has 0 unspecified atom stereocenters. The number of aliphatic imine (C=N–C) groups is 1. The molecule has 1 rings (SSSR count). The minimum Gasteiger partial charge on any atom is -0.494 e. The molecule has 1 aromatic carbocycles. The first-order valence-corrected chi connectivity index (χ1v) is 7.11. The molecule has 0 aromatic heterocycles. The molecule has 6 nitrogen and oxygen atoms in total. The summed E-state index contributed by atoms with van der Waals surface area (Å²) >= 11 is 0. The summed E-state index contributed by atoms with van der Waals surface area (Å²) in [5.41, 5.74) is 0.926. The van der Waals surface area contributed by atoms with E-state index in [0.29, 0.717) is 17.1 Å². The number of ether oxygens (including phenoxy) is 3. The van der Waals surface area contributed by atoms with Crippen LogP contribution in [0.3, 0.4) is 0 Å². The standard InChI is InChI=1S/C16H21NO5/c1-4-21-15(18)10-12(11-16(19)22-5-2)17-13-8-6-7-9-14(13)20-3/h6-9H,4-5,10-11H2,1-3H3. The minimum absolute atomic E-state index is 0.0648. The lowest BCUT2D eigenvalue weighted by Crippen LogP contribution is -2.16. The molecule has 0 N–H and O–H groups in total. The van der Waals surface area contributed by atoms with Gasteiger partial charge in [0.25, 0.3) is 0 Å². The van der Waals surface area contributed by atoms with Crippen molar-refractivity contribution in [2.75, 3.05) is 20.3 Å². The summed E-state index contributed by atoms with van der Waals surface area (Å²) in [5, 5.41) is 0. The van der Waals surface area contributed by atoms with Gasteiger partial charge in [-0.2, -0.15) is 0 Å². The molecule has 0 spiro atoms. The first-order valence-electron chi connectivity index (χ1n) is 7.11. The number of hydrogen-bond donors (Lipinski definition) is 0. The molecule has 6 heteroatoms. The van der Waals surface area contributed by atoms with Crippen molar-refractivity contribution in [1.82, 2.24) is 0 Å². The summed E-state index contributed by atoms with van der Waals surface area (Å²) in [7, 11) is 1.53. The number of para-hydroxylation sites is 2. The van der Waals surface area contributed by atoms with E-state index in [9.17, 15) is 9.59 Å². The van der Waals surface area contributed by atoms with Crippen molar-refractivity contribution in [3.8, 4) is 5.75 Å². The Bertz CT molecular complexity index is 517. The molecule has 0 amide bonds. The molecule has 0 atom stereocenters. The molecule has 0 radical (unpaired) electrons. The van der Waals surface area contributed by atoms with Crippen LogP contribution in [0.4, 0.5) is 5.69 Å². The third kappa shape index (κ3) is 5.95. The van der Waals surface area contributed by atoms with Gasteiger partial charge >= 0.3 is 11.9 Å². The normalized spacial score (nSPS) is 9.77. The van der Waals surface area contributed by atoms with Gasteiger partial charge < -0.3 is 14.2 Å². The number of benzene rings is 1. The summed E-state index contributed by atoms with van der Waals surface area (Å²) < 4.78 is 15.0. The minimum atomic E-state index is -0.430. The van der Waals surface area contributed by atoms with Crippen LogP contribution in [0.5, 0.6) is 5.75 Å². The van der Waals surface area contributed by atoms with Gasteiger partial charge in [0.2, 0.25) is 0 Å². The lowest BCUT2D eigenvalue weighted by molar-refractivity contribution is -0.141. The lowest BCUT2D eigenvalue weighted by Gasteiger charge is -2.08. The third-order valence-electron chi connectivity index (χ3n) is 2.67. The van der Waals surface area contributed by atoms with Crippen LogP contribution in [-0.4, -0.2) is 38.0 Å². The van der Waals surface area contributed by atoms with Gasteiger partial charge in [0.05, 0.1) is 33.2 Å². The maximum atomic E-state index is 11.7. The molecule has 0 saturated heterocycles. The average Bonchev–Trinajstić information content (AvgIpc) is 2.48. The molecule has 0 bridgehead atoms. The zero-order valence-corrected chi connectivity index (χ0v) is 13.1. The van der Waals surface area contributed by atoms with E-state index in [-0.39, 0.29) is 26.1 Å². The number of methoxy groups -OCH3 is 1. The summed E-state index contributed by atoms with van der Waals surface area (Å²) in [6.45, 7) is 4.00. The highest BCUT2D eigenvalue weighted by molar-refractivity contribution is 6.07. The van der Waals surface area contributed by atoms with Crippen molar-refractivity contribution in [2.45, 2.75) is 26.7 Å². The van der Waals surface area contributed by atoms with Crippen molar-refractivity contribution in [2.24, 2.45) is 4.99 Å². The molecular weight excluding hydrogens is 286 g/mol. The topological polar surface area (TPSA) is 74.2 Å². The largest absolute Gasteiger partial charge is 0.494 e. The quantitative estimate of drug-likeness (QED) is 0.545. The maximum absolute atomic E-state index is 11.7. The number of carbonyl (C=O) groups is 2. The van der Waals surface area contributed by atoms with E-state index < -0.39 is 11.9 Å². The second-order valence-electron chi connectivity index (χ2n) is 4.31. The van der Waals surface area contributed by atoms with E-state index >= 15 is 0 Å². The molecule has 0 fully saturated rings. The monoisotopic (exact) mass is 307 g/mol. The van der Waals surface area contributed by atoms with Crippen LogP contribution in [0.25, 0.3) is 0 Å². The Kier molecular flexibility index (Phi) is 7.67. The lowest BCUT2D eigenvalue weighted by atomic mass is 10.2. The van der Waals surface area contributed by atoms with E-state index in [2.05, 4.69) is 4.99 Å². The first-order chi connectivity index (χ1) is 10.6. The third-order valence-corrected chi connectivity index (χ3v) is 2.67. The fourth-order valence-electron chi connectivity index (χ4n) is 1.79. The maximum Gasteiger partial charge on any atom is 0.311 e. The van der Waals surface area contributed by atoms with Gasteiger partial charge in [0, 0.05) is 5.71 Å². The molecule has 22 heavy (non-hydrogen) atoms. The van der Waals surface area contributed by atoms with Crippen LogP contribution >= 0.6 is 0 Å². The highest BCUT2D eigenvalue weighted by Gasteiger charge is 2.15. The SMILES string of the molecule is CCOC(=O)CC(CC(=O)OCC)=Nc1ccccc1OC. The van der Waals surface area contributed by atoms with E-state index in [4.69, 9.17) is 14.2 Å². The Labute approximate surface area is 130 Å². The summed E-state index contributed by atoms with van der Waals surface area (Å²) in [6.07, 6.45) is -0.130. The van der Waals surface area contributed by atoms with Gasteiger partial charge in [-0.15, -0.1) is 0 Å². The van der Waals surface area contributed by atoms with E-state index in [1.54, 1.807) is 32.0 Å². The van der Waals surface area contributed by atoms with Crippen LogP contribution in [0.2, 0.25) is 0 Å². The second kappa shape index (κ2) is 9.55. The van der Waals surface area contributed by atoms with E-state index in [1.807, 2.05) is 6.07 Å². The number of rotatable bonds is 8. The number of carbonyl (C=O) groups excluding carboxylic acids is 2. The Morgan fingerprint density at radius 2 is 1.55 bits per heavy atom. The first kappa shape index (κ1) is 17.7. The molecule has 0 aliphatic rings. The summed E-state index contributed by atoms with van der Waals surface area (Å²) in [5.74, 6) is -0.298. The van der Waals surface area contributed by atoms with Gasteiger partial charge in [0.1, 0.15) is 11.4 Å². The molecule has 120 valence electrons. The average molecular weight is 307 g/mol. The highest BCUT2D eigenvalue weighted by atomic mass is 16.5. The zero-order chi connectivity index (χ0) is 16.4. The molecular formula is C16H21NO5. The van der Waals surface area contributed by atoms with Gasteiger partial charge in [-0.3, -0.25) is 14.6 Å². The molecule has 0 aliphatic heterocycles. The Morgan fingerprint density at radius 1 is 1.00 bits per heavy atom. The molecule has 0 aliphatic carbocycles. The van der Waals surface area contributed by atoms with Crippen LogP contribution in [0.1, 0.15) is 26.7 Å². The zero-order valence-electron chi connectivity index (χ0n) is 13.1. The van der Waals surface area contributed by atoms with Gasteiger partial charge in [-0.1, -0.05) is 12.1 Å². The molecule has 0 saturated carbocycles. The summed E-state index contributed by atoms with van der Waals surface area (Å²) in [4.78, 5) is 27.7. The Hall–Kier alpha value is -2.37. The fourth-order valence-corrected chi connectivity index (χ4v) is 1.79. The van der Waals surface area contributed by atoms with Crippen LogP contribution in [0, 0.1) is 0 Å². The highest BCUT2D eigenvalue weighted by Crippen LogP contribution is 2.27. The fraction of sp³-hybridized carbons (Fsp3) is 0.438. The predicted molar refractivity (Wildman–Crippen MR) is 82.6 cm³/mol. The molecule has 0 heterocycles. The van der Waals surface area contributed by atoms with Gasteiger partial charge in [-0.25, -0.2) is 0 Å². The van der Waals surface area contributed by atoms with E-state index in [0.717, 1.165) is 0 Å². The number of nitrogens with zero attached hydrogens (tertiary/aromatic N) is 1. The second-order valence-corrected chi connectivity index (χ2v) is 4.31. The van der Waals surface area contributed by atoms with Crippen LogP contribution in [0.15, 0.2) is 29.3 Å². The van der Waals surface area contributed by atoms with Crippen molar-refractivity contribution in [3.05, 3.63) is 24.3 Å². The summed E-state index contributed by atoms with van der Waals surface area (Å²) in [6, 6.07) is 7.11. The molecule has 1 aromatic rings. The Morgan fingerprint density at radius 3 is 2.05 bits per heavy atom. The van der Waals surface area contributed by atoms with E-state index in [1.165, 1.54) is 7.11 Å². The van der Waals surface area contributed by atoms with Gasteiger partial charge in [-0.05, 0) is 26.0 Å². The van der Waals surface area contributed by atoms with Crippen molar-refractivity contribution >= 4 is 23.3 Å². The predicted octanol–water partition coefficient (Wildman–Crippen LogP) is 2.67. The van der Waals surface area contributed by atoms with Crippen molar-refractivity contribution < 1.29 is 23.8 Å². The van der Waals surface area contributed by atoms with Crippen LogP contribution < -0.4 is 4.74 Å². The van der Waals surface area contributed by atoms with Crippen LogP contribution in [-0.2, 0) is 19.1 Å². The van der Waals surface area contributed by atoms with Crippen molar-refractivity contribution in [1.29, 1.82) is 0 Å². The van der Waals surface area contributed by atoms with Gasteiger partial charge in [0.15, 0.2) is 0 Å². The van der Waals surface area contributed by atoms with Crippen molar-refractivity contribution in [3.63, 3.8) is 0 Å². The Balaban J connectivity index is 2.98. The smallest absolute Gasteiger partial charge is 0.311 e. The number of hydrogen-bond acceptors (Lipinski definition) is 6. The number of esters is 2.